The second kappa shape index (κ2) is 8.96. The molecule has 2 aromatic carbocycles. The first kappa shape index (κ1) is 21.0. The lowest BCUT2D eigenvalue weighted by atomic mass is 10.0. The topological polar surface area (TPSA) is 52.5 Å². The van der Waals surface area contributed by atoms with Crippen molar-refractivity contribution in [1.82, 2.24) is 9.88 Å². The standard InChI is InChI=1S/C25H24ClFN2O3/c26-21-12-17(27)7-9-22(21)29-18(8-10-24(30)28-14-19-5-3-11-31-19)13-23-25(29)20-6-2-1-4-16(20)15-32-23/h1-2,4,6-7,9,12-13,19H,3,5,8,10-11,14-15H2,(H,28,30). The summed E-state index contributed by atoms with van der Waals surface area (Å²) in [5.74, 6) is 0.308. The summed E-state index contributed by atoms with van der Waals surface area (Å²) in [6, 6.07) is 14.3. The van der Waals surface area contributed by atoms with Gasteiger partial charge in [-0.25, -0.2) is 4.39 Å². The van der Waals surface area contributed by atoms with Crippen LogP contribution >= 0.6 is 11.6 Å². The normalized spacial score (nSPS) is 16.9. The number of nitrogens with one attached hydrogen (secondary N) is 1. The van der Waals surface area contributed by atoms with Crippen molar-refractivity contribution in [3.05, 3.63) is 70.6 Å². The summed E-state index contributed by atoms with van der Waals surface area (Å²) < 4.78 is 27.3. The SMILES string of the molecule is O=C(CCc1cc2c(n1-c1ccc(F)cc1Cl)-c1ccccc1CO2)NCC1CCCO1. The molecule has 1 atom stereocenters. The maximum atomic E-state index is 13.8. The Morgan fingerprint density at radius 3 is 2.91 bits per heavy atom. The lowest BCUT2D eigenvalue weighted by Gasteiger charge is -2.21. The molecule has 1 N–H and O–H groups in total. The first-order valence-electron chi connectivity index (χ1n) is 10.9. The van der Waals surface area contributed by atoms with Crippen molar-refractivity contribution in [3.63, 3.8) is 0 Å². The number of fused-ring (bicyclic) bond motifs is 3. The Kier molecular flexibility index (Phi) is 5.89. The van der Waals surface area contributed by atoms with E-state index in [9.17, 15) is 9.18 Å². The van der Waals surface area contributed by atoms with Gasteiger partial charge in [-0.3, -0.25) is 4.79 Å². The average Bonchev–Trinajstić information content (AvgIpc) is 3.44. The van der Waals surface area contributed by atoms with E-state index < -0.39 is 5.82 Å². The van der Waals surface area contributed by atoms with E-state index in [-0.39, 0.29) is 12.0 Å². The van der Waals surface area contributed by atoms with Crippen molar-refractivity contribution in [3.8, 4) is 22.7 Å². The van der Waals surface area contributed by atoms with Crippen molar-refractivity contribution in [1.29, 1.82) is 0 Å². The highest BCUT2D eigenvalue weighted by atomic mass is 35.5. The molecule has 1 unspecified atom stereocenters. The van der Waals surface area contributed by atoms with E-state index in [1.54, 1.807) is 6.07 Å². The number of rotatable bonds is 6. The second-order valence-corrected chi connectivity index (χ2v) is 8.57. The van der Waals surface area contributed by atoms with Crippen LogP contribution in [0.1, 0.15) is 30.5 Å². The third-order valence-electron chi connectivity index (χ3n) is 6.01. The van der Waals surface area contributed by atoms with E-state index in [0.29, 0.717) is 36.7 Å². The summed E-state index contributed by atoms with van der Waals surface area (Å²) in [4.78, 5) is 12.5. The Balaban J connectivity index is 1.46. The maximum Gasteiger partial charge on any atom is 0.220 e. The monoisotopic (exact) mass is 454 g/mol. The number of hydrogen-bond acceptors (Lipinski definition) is 3. The fraction of sp³-hybridized carbons (Fsp3) is 0.320. The molecule has 2 aliphatic heterocycles. The van der Waals surface area contributed by atoms with Crippen LogP contribution in [0.15, 0.2) is 48.5 Å². The first-order valence-corrected chi connectivity index (χ1v) is 11.3. The molecule has 1 saturated heterocycles. The minimum Gasteiger partial charge on any atom is -0.487 e. The Morgan fingerprint density at radius 2 is 2.09 bits per heavy atom. The molecule has 0 saturated carbocycles. The van der Waals surface area contributed by atoms with Gasteiger partial charge < -0.3 is 19.4 Å². The molecule has 5 rings (SSSR count). The highest BCUT2D eigenvalue weighted by Crippen LogP contribution is 2.43. The number of nitrogens with zero attached hydrogens (tertiary/aromatic N) is 1. The third kappa shape index (κ3) is 4.12. The minimum absolute atomic E-state index is 0.0299. The molecule has 1 amide bonds. The van der Waals surface area contributed by atoms with Crippen LogP contribution in [-0.2, 0) is 22.6 Å². The van der Waals surface area contributed by atoms with Crippen molar-refractivity contribution < 1.29 is 18.7 Å². The van der Waals surface area contributed by atoms with E-state index in [1.807, 2.05) is 34.9 Å². The van der Waals surface area contributed by atoms with Gasteiger partial charge in [0.25, 0.3) is 0 Å². The van der Waals surface area contributed by atoms with Crippen LogP contribution in [0.5, 0.6) is 5.75 Å². The molecule has 32 heavy (non-hydrogen) atoms. The maximum absolute atomic E-state index is 13.8. The smallest absolute Gasteiger partial charge is 0.220 e. The van der Waals surface area contributed by atoms with Crippen molar-refractivity contribution in [2.24, 2.45) is 0 Å². The molecular weight excluding hydrogens is 431 g/mol. The predicted octanol–water partition coefficient (Wildman–Crippen LogP) is 5.06. The number of carbonyl (C=O) groups excluding carboxylic acids is 1. The summed E-state index contributed by atoms with van der Waals surface area (Å²) in [5, 5.41) is 3.27. The van der Waals surface area contributed by atoms with Crippen LogP contribution in [0, 0.1) is 5.82 Å². The van der Waals surface area contributed by atoms with Gasteiger partial charge in [0.15, 0.2) is 0 Å². The van der Waals surface area contributed by atoms with E-state index in [0.717, 1.165) is 47.7 Å². The van der Waals surface area contributed by atoms with Gasteiger partial charge in [0, 0.05) is 36.9 Å². The van der Waals surface area contributed by atoms with Crippen LogP contribution in [0.3, 0.4) is 0 Å². The number of hydrogen-bond donors (Lipinski definition) is 1. The lowest BCUT2D eigenvalue weighted by molar-refractivity contribution is -0.121. The van der Waals surface area contributed by atoms with Gasteiger partial charge in [-0.05, 0) is 43.0 Å². The number of amides is 1. The van der Waals surface area contributed by atoms with Crippen molar-refractivity contribution in [2.75, 3.05) is 13.2 Å². The van der Waals surface area contributed by atoms with E-state index >= 15 is 0 Å². The Morgan fingerprint density at radius 1 is 1.22 bits per heavy atom. The van der Waals surface area contributed by atoms with E-state index in [4.69, 9.17) is 21.1 Å². The molecule has 3 heterocycles. The number of ether oxygens (including phenoxy) is 2. The Labute approximate surface area is 191 Å². The highest BCUT2D eigenvalue weighted by Gasteiger charge is 2.26. The Bertz CT molecular complexity index is 1150. The number of halogens is 2. The van der Waals surface area contributed by atoms with Crippen LogP contribution in [0.25, 0.3) is 16.9 Å². The zero-order valence-corrected chi connectivity index (χ0v) is 18.3. The molecule has 166 valence electrons. The molecule has 0 radical (unpaired) electrons. The molecular formula is C25H24ClFN2O3. The summed E-state index contributed by atoms with van der Waals surface area (Å²) in [7, 11) is 0. The summed E-state index contributed by atoms with van der Waals surface area (Å²) >= 11 is 6.45. The minimum atomic E-state index is -0.397. The van der Waals surface area contributed by atoms with Gasteiger partial charge in [0.1, 0.15) is 18.2 Å². The van der Waals surface area contributed by atoms with Gasteiger partial charge in [-0.15, -0.1) is 0 Å². The number of aromatic nitrogens is 1. The molecule has 0 spiro atoms. The third-order valence-corrected chi connectivity index (χ3v) is 6.31. The summed E-state index contributed by atoms with van der Waals surface area (Å²) in [6.45, 7) is 1.78. The summed E-state index contributed by atoms with van der Waals surface area (Å²) in [6.07, 6.45) is 2.94. The van der Waals surface area contributed by atoms with Gasteiger partial charge >= 0.3 is 0 Å². The van der Waals surface area contributed by atoms with Crippen LogP contribution in [0.4, 0.5) is 4.39 Å². The molecule has 0 aliphatic carbocycles. The largest absolute Gasteiger partial charge is 0.487 e. The zero-order valence-electron chi connectivity index (χ0n) is 17.6. The van der Waals surface area contributed by atoms with Crippen LogP contribution < -0.4 is 10.1 Å². The molecule has 1 aromatic heterocycles. The van der Waals surface area contributed by atoms with E-state index in [2.05, 4.69) is 5.32 Å². The highest BCUT2D eigenvalue weighted by molar-refractivity contribution is 6.32. The Hall–Kier alpha value is -2.83. The molecule has 3 aromatic rings. The predicted molar refractivity (Wildman–Crippen MR) is 121 cm³/mol. The summed E-state index contributed by atoms with van der Waals surface area (Å²) in [5.41, 5.74) is 4.52. The van der Waals surface area contributed by atoms with Crippen LogP contribution in [-0.4, -0.2) is 29.7 Å². The zero-order chi connectivity index (χ0) is 22.1. The van der Waals surface area contributed by atoms with Gasteiger partial charge in [0.2, 0.25) is 5.91 Å². The van der Waals surface area contributed by atoms with Crippen LogP contribution in [0.2, 0.25) is 5.02 Å². The van der Waals surface area contributed by atoms with E-state index in [1.165, 1.54) is 12.1 Å². The molecule has 7 heteroatoms. The van der Waals surface area contributed by atoms with Crippen molar-refractivity contribution in [2.45, 2.75) is 38.4 Å². The van der Waals surface area contributed by atoms with Gasteiger partial charge in [-0.2, -0.15) is 0 Å². The number of benzene rings is 2. The number of carbonyl (C=O) groups is 1. The molecule has 0 bridgehead atoms. The number of aryl methyl sites for hydroxylation is 1. The van der Waals surface area contributed by atoms with Gasteiger partial charge in [0.05, 0.1) is 22.5 Å². The second-order valence-electron chi connectivity index (χ2n) is 8.16. The van der Waals surface area contributed by atoms with Crippen molar-refractivity contribution >= 4 is 17.5 Å². The quantitative estimate of drug-likeness (QED) is 0.566. The molecule has 5 nitrogen and oxygen atoms in total. The first-order chi connectivity index (χ1) is 15.6. The fourth-order valence-corrected chi connectivity index (χ4v) is 4.67. The fourth-order valence-electron chi connectivity index (χ4n) is 4.42. The van der Waals surface area contributed by atoms with Gasteiger partial charge in [-0.1, -0.05) is 35.9 Å². The molecule has 2 aliphatic rings. The lowest BCUT2D eigenvalue weighted by Crippen LogP contribution is -2.31. The molecule has 1 fully saturated rings. The average molecular weight is 455 g/mol.